The quantitative estimate of drug-likeness (QED) is 0.731. The summed E-state index contributed by atoms with van der Waals surface area (Å²) in [5.41, 5.74) is 1.39. The van der Waals surface area contributed by atoms with E-state index in [4.69, 9.17) is 11.6 Å². The zero-order valence-corrected chi connectivity index (χ0v) is 17.7. The molecule has 1 saturated heterocycles. The molecule has 0 spiro atoms. The molecule has 0 aromatic heterocycles. The number of hydrogen-bond donors (Lipinski definition) is 0. The van der Waals surface area contributed by atoms with Gasteiger partial charge in [0, 0.05) is 18.1 Å². The van der Waals surface area contributed by atoms with Crippen LogP contribution in [0, 0.1) is 12.8 Å². The second-order valence-corrected chi connectivity index (χ2v) is 9.69. The molecule has 2 aromatic carbocycles. The number of carbonyl (C=O) groups is 1. The van der Waals surface area contributed by atoms with Crippen molar-refractivity contribution in [3.63, 3.8) is 0 Å². The topological polar surface area (TPSA) is 57.7 Å². The van der Waals surface area contributed by atoms with Gasteiger partial charge < -0.3 is 4.90 Å². The number of rotatable bonds is 5. The number of aryl methyl sites for hydroxylation is 1. The Kier molecular flexibility index (Phi) is 6.30. The van der Waals surface area contributed by atoms with Gasteiger partial charge in [0.1, 0.15) is 6.54 Å². The molecular weight excluding hydrogens is 396 g/mol. The van der Waals surface area contributed by atoms with Crippen LogP contribution in [0.2, 0.25) is 5.02 Å². The van der Waals surface area contributed by atoms with Crippen molar-refractivity contribution in [2.45, 2.75) is 31.6 Å². The summed E-state index contributed by atoms with van der Waals surface area (Å²) in [6.07, 6.45) is 2.03. The lowest BCUT2D eigenvalue weighted by atomic mass is 10.0. The van der Waals surface area contributed by atoms with Crippen LogP contribution >= 0.6 is 11.6 Å². The number of amides is 1. The molecule has 1 heterocycles. The summed E-state index contributed by atoms with van der Waals surface area (Å²) in [6.45, 7) is 5.11. The first-order valence-corrected chi connectivity index (χ1v) is 11.2. The Labute approximate surface area is 172 Å². The molecule has 1 atom stereocenters. The lowest BCUT2D eigenvalue weighted by Gasteiger charge is -2.33. The van der Waals surface area contributed by atoms with Gasteiger partial charge in [-0.1, -0.05) is 36.2 Å². The summed E-state index contributed by atoms with van der Waals surface area (Å²) in [6, 6.07) is 13.1. The third kappa shape index (κ3) is 4.67. The van der Waals surface area contributed by atoms with Gasteiger partial charge in [0.2, 0.25) is 5.91 Å². The van der Waals surface area contributed by atoms with Crippen LogP contribution < -0.4 is 4.31 Å². The highest BCUT2D eigenvalue weighted by Crippen LogP contribution is 2.26. The highest BCUT2D eigenvalue weighted by molar-refractivity contribution is 7.92. The minimum absolute atomic E-state index is 0.160. The maximum Gasteiger partial charge on any atom is 0.264 e. The van der Waals surface area contributed by atoms with Crippen LogP contribution in [0.3, 0.4) is 0 Å². The molecule has 5 nitrogen and oxygen atoms in total. The minimum atomic E-state index is -3.89. The Hall–Kier alpha value is -2.05. The first-order chi connectivity index (χ1) is 13.3. The lowest BCUT2D eigenvalue weighted by molar-refractivity contribution is -0.131. The van der Waals surface area contributed by atoms with Gasteiger partial charge in [-0.05, 0) is 62.1 Å². The van der Waals surface area contributed by atoms with E-state index in [0.717, 1.165) is 18.4 Å². The van der Waals surface area contributed by atoms with Gasteiger partial charge in [0.05, 0.1) is 10.6 Å². The van der Waals surface area contributed by atoms with Gasteiger partial charge in [-0.2, -0.15) is 0 Å². The average molecular weight is 421 g/mol. The first kappa shape index (κ1) is 20.7. The normalized spacial score (nSPS) is 17.4. The summed E-state index contributed by atoms with van der Waals surface area (Å²) in [7, 11) is -3.89. The van der Waals surface area contributed by atoms with Crippen molar-refractivity contribution in [2.24, 2.45) is 5.92 Å². The van der Waals surface area contributed by atoms with Crippen LogP contribution in [0.4, 0.5) is 5.69 Å². The van der Waals surface area contributed by atoms with Crippen LogP contribution in [-0.4, -0.2) is 38.9 Å². The molecule has 1 unspecified atom stereocenters. The number of halogens is 1. The van der Waals surface area contributed by atoms with Gasteiger partial charge in [-0.15, -0.1) is 0 Å². The van der Waals surface area contributed by atoms with Gasteiger partial charge in [-0.25, -0.2) is 8.42 Å². The number of likely N-dealkylation sites (tertiary alicyclic amines) is 1. The summed E-state index contributed by atoms with van der Waals surface area (Å²) >= 11 is 5.97. The number of sulfonamides is 1. The second-order valence-electron chi connectivity index (χ2n) is 7.39. The zero-order valence-electron chi connectivity index (χ0n) is 16.1. The van der Waals surface area contributed by atoms with Crippen molar-refractivity contribution < 1.29 is 13.2 Å². The van der Waals surface area contributed by atoms with E-state index < -0.39 is 10.0 Å². The molecule has 2 aromatic rings. The first-order valence-electron chi connectivity index (χ1n) is 9.40. The van der Waals surface area contributed by atoms with Crippen molar-refractivity contribution in [3.8, 4) is 0 Å². The average Bonchev–Trinajstić information content (AvgIpc) is 2.67. The minimum Gasteiger partial charge on any atom is -0.341 e. The Morgan fingerprint density at radius 3 is 2.39 bits per heavy atom. The van der Waals surface area contributed by atoms with E-state index in [1.807, 2.05) is 6.92 Å². The molecule has 7 heteroatoms. The Bertz CT molecular complexity index is 927. The van der Waals surface area contributed by atoms with Gasteiger partial charge in [-0.3, -0.25) is 9.10 Å². The molecule has 150 valence electrons. The number of nitrogens with zero attached hydrogens (tertiary/aromatic N) is 2. The summed E-state index contributed by atoms with van der Waals surface area (Å²) in [5, 5.41) is 0.507. The number of piperidine rings is 1. The van der Waals surface area contributed by atoms with E-state index in [1.165, 1.54) is 4.31 Å². The summed E-state index contributed by atoms with van der Waals surface area (Å²) in [4.78, 5) is 14.8. The van der Waals surface area contributed by atoms with Crippen LogP contribution in [0.1, 0.15) is 25.3 Å². The molecule has 0 saturated carbocycles. The monoisotopic (exact) mass is 420 g/mol. The molecule has 0 N–H and O–H groups in total. The number of benzene rings is 2. The predicted molar refractivity (Wildman–Crippen MR) is 112 cm³/mol. The fraction of sp³-hybridized carbons (Fsp3) is 0.381. The van der Waals surface area contributed by atoms with E-state index >= 15 is 0 Å². The SMILES string of the molecule is Cc1ccc(S(=O)(=O)N(CC(=O)N2CCCC(C)C2)c2ccc(Cl)cc2)cc1. The molecule has 28 heavy (non-hydrogen) atoms. The van der Waals surface area contributed by atoms with Crippen molar-refractivity contribution in [1.82, 2.24) is 4.90 Å². The maximum absolute atomic E-state index is 13.3. The van der Waals surface area contributed by atoms with Crippen molar-refractivity contribution >= 4 is 33.2 Å². The van der Waals surface area contributed by atoms with Crippen LogP contribution in [-0.2, 0) is 14.8 Å². The van der Waals surface area contributed by atoms with E-state index in [0.29, 0.717) is 29.7 Å². The van der Waals surface area contributed by atoms with Gasteiger partial charge in [0.25, 0.3) is 10.0 Å². The molecule has 0 radical (unpaired) electrons. The van der Waals surface area contributed by atoms with Gasteiger partial charge in [0.15, 0.2) is 0 Å². The maximum atomic E-state index is 13.3. The third-order valence-corrected chi connectivity index (χ3v) is 7.05. The molecular formula is C21H25ClN2O3S. The fourth-order valence-electron chi connectivity index (χ4n) is 3.40. The van der Waals surface area contributed by atoms with E-state index in [2.05, 4.69) is 6.92 Å². The molecule has 1 aliphatic rings. The standard InChI is InChI=1S/C21H25ClN2O3S/c1-16-5-11-20(12-6-16)28(26,27)24(19-9-7-18(22)8-10-19)15-21(25)23-13-3-4-17(2)14-23/h5-12,17H,3-4,13-15H2,1-2H3. The third-order valence-electron chi connectivity index (χ3n) is 5.01. The highest BCUT2D eigenvalue weighted by atomic mass is 35.5. The molecule has 1 amide bonds. The Morgan fingerprint density at radius 2 is 1.79 bits per heavy atom. The van der Waals surface area contributed by atoms with E-state index in [1.54, 1.807) is 53.4 Å². The molecule has 1 fully saturated rings. The van der Waals surface area contributed by atoms with E-state index in [-0.39, 0.29) is 17.3 Å². The second kappa shape index (κ2) is 8.53. The summed E-state index contributed by atoms with van der Waals surface area (Å²) < 4.78 is 27.8. The number of anilines is 1. The number of hydrogen-bond acceptors (Lipinski definition) is 3. The van der Waals surface area contributed by atoms with Crippen LogP contribution in [0.15, 0.2) is 53.4 Å². The molecule has 0 aliphatic carbocycles. The fourth-order valence-corrected chi connectivity index (χ4v) is 4.94. The zero-order chi connectivity index (χ0) is 20.3. The lowest BCUT2D eigenvalue weighted by Crippen LogP contribution is -2.46. The summed E-state index contributed by atoms with van der Waals surface area (Å²) in [5.74, 6) is 0.243. The van der Waals surface area contributed by atoms with Crippen LogP contribution in [0.5, 0.6) is 0 Å². The largest absolute Gasteiger partial charge is 0.341 e. The predicted octanol–water partition coefficient (Wildman–Crippen LogP) is 4.10. The Balaban J connectivity index is 1.94. The van der Waals surface area contributed by atoms with Crippen molar-refractivity contribution in [3.05, 3.63) is 59.1 Å². The molecule has 1 aliphatic heterocycles. The van der Waals surface area contributed by atoms with Gasteiger partial charge >= 0.3 is 0 Å². The van der Waals surface area contributed by atoms with Crippen molar-refractivity contribution in [2.75, 3.05) is 23.9 Å². The molecule has 0 bridgehead atoms. The highest BCUT2D eigenvalue weighted by Gasteiger charge is 2.30. The van der Waals surface area contributed by atoms with E-state index in [9.17, 15) is 13.2 Å². The smallest absolute Gasteiger partial charge is 0.264 e. The Morgan fingerprint density at radius 1 is 1.14 bits per heavy atom. The van der Waals surface area contributed by atoms with Crippen molar-refractivity contribution in [1.29, 1.82) is 0 Å². The van der Waals surface area contributed by atoms with Crippen LogP contribution in [0.25, 0.3) is 0 Å². The molecule has 3 rings (SSSR count). The number of carbonyl (C=O) groups excluding carboxylic acids is 1.